The highest BCUT2D eigenvalue weighted by atomic mass is 32.2. The van der Waals surface area contributed by atoms with Crippen molar-refractivity contribution in [2.45, 2.75) is 36.8 Å². The maximum absolute atomic E-state index is 11.0. The van der Waals surface area contributed by atoms with Crippen molar-refractivity contribution in [2.24, 2.45) is 0 Å². The van der Waals surface area contributed by atoms with Gasteiger partial charge in [-0.1, -0.05) is 32.9 Å². The summed E-state index contributed by atoms with van der Waals surface area (Å²) in [5.41, 5.74) is 2.37. The van der Waals surface area contributed by atoms with Crippen LogP contribution < -0.4 is 5.56 Å². The zero-order valence-corrected chi connectivity index (χ0v) is 11.7. The molecular formula is C14H18N2OS. The van der Waals surface area contributed by atoms with Gasteiger partial charge in [0.1, 0.15) is 0 Å². The third-order valence-electron chi connectivity index (χ3n) is 2.77. The van der Waals surface area contributed by atoms with Crippen LogP contribution in [0.5, 0.6) is 0 Å². The Morgan fingerprint density at radius 1 is 1.11 bits per heavy atom. The molecule has 0 aliphatic heterocycles. The summed E-state index contributed by atoms with van der Waals surface area (Å²) in [5.74, 6) is 0.771. The van der Waals surface area contributed by atoms with E-state index in [4.69, 9.17) is 0 Å². The average molecular weight is 262 g/mol. The van der Waals surface area contributed by atoms with Gasteiger partial charge in [-0.25, -0.2) is 0 Å². The van der Waals surface area contributed by atoms with Crippen LogP contribution in [0, 0.1) is 0 Å². The molecule has 2 aromatic rings. The molecule has 1 heterocycles. The molecule has 0 saturated carbocycles. The van der Waals surface area contributed by atoms with Gasteiger partial charge in [0.15, 0.2) is 0 Å². The largest absolute Gasteiger partial charge is 0.301 e. The van der Waals surface area contributed by atoms with Gasteiger partial charge in [-0.3, -0.25) is 9.89 Å². The summed E-state index contributed by atoms with van der Waals surface area (Å²) in [6.45, 7) is 6.62. The third kappa shape index (κ3) is 3.29. The first-order chi connectivity index (χ1) is 8.45. The molecule has 0 radical (unpaired) electrons. The van der Waals surface area contributed by atoms with E-state index < -0.39 is 0 Å². The van der Waals surface area contributed by atoms with E-state index in [0.717, 1.165) is 11.4 Å². The van der Waals surface area contributed by atoms with Crippen LogP contribution in [0.25, 0.3) is 0 Å². The van der Waals surface area contributed by atoms with Crippen LogP contribution >= 0.6 is 11.8 Å². The Hall–Kier alpha value is -1.42. The lowest BCUT2D eigenvalue weighted by atomic mass is 9.87. The molecule has 0 saturated heterocycles. The lowest BCUT2D eigenvalue weighted by molar-refractivity contribution is 0.590. The van der Waals surface area contributed by atoms with Crippen molar-refractivity contribution < 1.29 is 0 Å². The Morgan fingerprint density at radius 3 is 2.28 bits per heavy atom. The molecule has 3 nitrogen and oxygen atoms in total. The van der Waals surface area contributed by atoms with Gasteiger partial charge in [0.2, 0.25) is 0 Å². The summed E-state index contributed by atoms with van der Waals surface area (Å²) < 4.78 is 0. The van der Waals surface area contributed by atoms with Crippen LogP contribution in [0.2, 0.25) is 0 Å². The van der Waals surface area contributed by atoms with Gasteiger partial charge < -0.3 is 5.10 Å². The molecular weight excluding hydrogens is 244 g/mol. The molecule has 0 fully saturated rings. The summed E-state index contributed by atoms with van der Waals surface area (Å²) in [5, 5.41) is 5.39. The number of hydrogen-bond donors (Lipinski definition) is 2. The van der Waals surface area contributed by atoms with Gasteiger partial charge in [-0.05, 0) is 23.1 Å². The SMILES string of the molecule is CC(C)(C)c1ccc(SCc2cc(=O)[nH][nH]2)cc1. The van der Waals surface area contributed by atoms with E-state index in [-0.39, 0.29) is 11.0 Å². The molecule has 0 spiro atoms. The fraction of sp³-hybridized carbons (Fsp3) is 0.357. The van der Waals surface area contributed by atoms with Crippen LogP contribution in [0.3, 0.4) is 0 Å². The van der Waals surface area contributed by atoms with Crippen molar-refractivity contribution in [3.8, 4) is 0 Å². The number of nitrogens with one attached hydrogen (secondary N) is 2. The minimum atomic E-state index is -0.0753. The Balaban J connectivity index is 2.00. The number of thioether (sulfide) groups is 1. The molecule has 0 aliphatic rings. The summed E-state index contributed by atoms with van der Waals surface area (Å²) >= 11 is 1.72. The monoisotopic (exact) mass is 262 g/mol. The standard InChI is InChI=1S/C14H18N2OS/c1-14(2,3)10-4-6-12(7-5-10)18-9-11-8-13(17)16-15-11/h4-8H,9H2,1-3H3,(H2,15,16,17). The van der Waals surface area contributed by atoms with Crippen molar-refractivity contribution in [1.82, 2.24) is 10.2 Å². The van der Waals surface area contributed by atoms with Crippen LogP contribution in [0.4, 0.5) is 0 Å². The Kier molecular flexibility index (Phi) is 3.66. The predicted octanol–water partition coefficient (Wildman–Crippen LogP) is 3.29. The quantitative estimate of drug-likeness (QED) is 0.834. The van der Waals surface area contributed by atoms with E-state index in [9.17, 15) is 4.79 Å². The highest BCUT2D eigenvalue weighted by Gasteiger charge is 2.12. The minimum Gasteiger partial charge on any atom is -0.301 e. The molecule has 18 heavy (non-hydrogen) atoms. The molecule has 2 rings (SSSR count). The van der Waals surface area contributed by atoms with E-state index in [1.54, 1.807) is 17.8 Å². The summed E-state index contributed by atoms with van der Waals surface area (Å²) in [7, 11) is 0. The molecule has 1 aromatic heterocycles. The maximum Gasteiger partial charge on any atom is 0.264 e. The lowest BCUT2D eigenvalue weighted by Crippen LogP contribution is -2.10. The van der Waals surface area contributed by atoms with E-state index in [1.807, 2.05) is 0 Å². The van der Waals surface area contributed by atoms with E-state index in [2.05, 4.69) is 55.2 Å². The Morgan fingerprint density at radius 2 is 1.78 bits per heavy atom. The molecule has 2 N–H and O–H groups in total. The average Bonchev–Trinajstić information content (AvgIpc) is 2.72. The van der Waals surface area contributed by atoms with Gasteiger partial charge >= 0.3 is 0 Å². The van der Waals surface area contributed by atoms with Crippen molar-refractivity contribution >= 4 is 11.8 Å². The number of rotatable bonds is 3. The first-order valence-corrected chi connectivity index (χ1v) is 6.93. The van der Waals surface area contributed by atoms with Gasteiger partial charge in [-0.2, -0.15) is 0 Å². The van der Waals surface area contributed by atoms with E-state index >= 15 is 0 Å². The summed E-state index contributed by atoms with van der Waals surface area (Å²) in [6.07, 6.45) is 0. The number of H-pyrrole nitrogens is 2. The zero-order chi connectivity index (χ0) is 13.2. The fourth-order valence-electron chi connectivity index (χ4n) is 1.66. The van der Waals surface area contributed by atoms with Gasteiger partial charge in [0, 0.05) is 22.4 Å². The molecule has 0 aliphatic carbocycles. The first-order valence-electron chi connectivity index (χ1n) is 5.95. The zero-order valence-electron chi connectivity index (χ0n) is 10.9. The highest BCUT2D eigenvalue weighted by Crippen LogP contribution is 2.26. The molecule has 1 aromatic carbocycles. The number of aromatic nitrogens is 2. The van der Waals surface area contributed by atoms with Crippen LogP contribution in [-0.2, 0) is 11.2 Å². The topological polar surface area (TPSA) is 48.6 Å². The normalized spacial score (nSPS) is 11.7. The maximum atomic E-state index is 11.0. The molecule has 0 amide bonds. The van der Waals surface area contributed by atoms with Crippen molar-refractivity contribution in [1.29, 1.82) is 0 Å². The van der Waals surface area contributed by atoms with E-state index in [1.165, 1.54) is 10.5 Å². The first kappa shape index (κ1) is 13.0. The molecule has 0 atom stereocenters. The molecule has 0 unspecified atom stereocenters. The molecule has 96 valence electrons. The summed E-state index contributed by atoms with van der Waals surface area (Å²) in [6, 6.07) is 10.2. The number of benzene rings is 1. The Bertz CT molecular complexity index is 560. The minimum absolute atomic E-state index is 0.0753. The second-order valence-corrected chi connectivity index (χ2v) is 6.40. The van der Waals surface area contributed by atoms with Crippen molar-refractivity contribution in [3.63, 3.8) is 0 Å². The Labute approximate surface area is 111 Å². The van der Waals surface area contributed by atoms with Crippen LogP contribution in [0.1, 0.15) is 32.0 Å². The predicted molar refractivity (Wildman–Crippen MR) is 76.1 cm³/mol. The van der Waals surface area contributed by atoms with Crippen LogP contribution in [-0.4, -0.2) is 10.2 Å². The fourth-order valence-corrected chi connectivity index (χ4v) is 2.47. The number of aromatic amines is 2. The van der Waals surface area contributed by atoms with Gasteiger partial charge in [-0.15, -0.1) is 11.8 Å². The van der Waals surface area contributed by atoms with Gasteiger partial charge in [0.25, 0.3) is 5.56 Å². The van der Waals surface area contributed by atoms with Crippen LogP contribution in [0.15, 0.2) is 40.0 Å². The second kappa shape index (κ2) is 5.06. The summed E-state index contributed by atoms with van der Waals surface area (Å²) in [4.78, 5) is 12.2. The van der Waals surface area contributed by atoms with E-state index in [0.29, 0.717) is 0 Å². The third-order valence-corrected chi connectivity index (χ3v) is 3.83. The molecule has 0 bridgehead atoms. The number of hydrogen-bond acceptors (Lipinski definition) is 2. The van der Waals surface area contributed by atoms with Crippen molar-refractivity contribution in [3.05, 3.63) is 51.9 Å². The van der Waals surface area contributed by atoms with Crippen molar-refractivity contribution in [2.75, 3.05) is 0 Å². The van der Waals surface area contributed by atoms with Gasteiger partial charge in [0.05, 0.1) is 0 Å². The smallest absolute Gasteiger partial charge is 0.264 e. The lowest BCUT2D eigenvalue weighted by Gasteiger charge is -2.19. The second-order valence-electron chi connectivity index (χ2n) is 5.35. The molecule has 4 heteroatoms. The highest BCUT2D eigenvalue weighted by molar-refractivity contribution is 7.98.